The van der Waals surface area contributed by atoms with E-state index in [1.54, 1.807) is 12.1 Å². The van der Waals surface area contributed by atoms with Gasteiger partial charge in [-0.1, -0.05) is 29.7 Å². The summed E-state index contributed by atoms with van der Waals surface area (Å²) in [5, 5.41) is 10.7. The van der Waals surface area contributed by atoms with Crippen molar-refractivity contribution in [3.63, 3.8) is 0 Å². The second kappa shape index (κ2) is 5.34. The van der Waals surface area contributed by atoms with Gasteiger partial charge in [0.1, 0.15) is 0 Å². The third-order valence-corrected chi connectivity index (χ3v) is 3.66. The van der Waals surface area contributed by atoms with Gasteiger partial charge < -0.3 is 0 Å². The highest BCUT2D eigenvalue weighted by molar-refractivity contribution is 6.05. The molecule has 0 atom stereocenters. The molecule has 3 heteroatoms. The van der Waals surface area contributed by atoms with Crippen LogP contribution in [0.4, 0.5) is 5.69 Å². The Labute approximate surface area is 128 Å². The van der Waals surface area contributed by atoms with Crippen molar-refractivity contribution >= 4 is 22.9 Å². The predicted octanol–water partition coefficient (Wildman–Crippen LogP) is 4.47. The highest BCUT2D eigenvalue weighted by Crippen LogP contribution is 2.36. The smallest absolute Gasteiger partial charge is 0.258 e. The van der Waals surface area contributed by atoms with Gasteiger partial charge in [-0.25, -0.2) is 0 Å². The summed E-state index contributed by atoms with van der Waals surface area (Å²) in [6.07, 6.45) is 9.55. The maximum absolute atomic E-state index is 10.7. The molecule has 0 saturated carbocycles. The molecule has 0 radical (unpaired) electrons. The first-order valence-electron chi connectivity index (χ1n) is 6.84. The molecule has 3 rings (SSSR count). The molecule has 0 N–H and O–H groups in total. The van der Waals surface area contributed by atoms with Crippen LogP contribution in [0.5, 0.6) is 0 Å². The van der Waals surface area contributed by atoms with Gasteiger partial charge in [-0.2, -0.15) is 0 Å². The number of terminal acetylenes is 1. The Bertz CT molecular complexity index is 865. The number of non-ortho nitro benzene ring substituents is 1. The van der Waals surface area contributed by atoms with Crippen molar-refractivity contribution in [2.45, 2.75) is 6.92 Å². The molecule has 1 aliphatic rings. The van der Waals surface area contributed by atoms with Crippen LogP contribution in [0.15, 0.2) is 48.5 Å². The number of nitro benzene ring substituents is 1. The molecule has 1 aliphatic carbocycles. The molecule has 0 saturated heterocycles. The lowest BCUT2D eigenvalue weighted by atomic mass is 10.0. The van der Waals surface area contributed by atoms with Crippen LogP contribution in [0, 0.1) is 29.4 Å². The Morgan fingerprint density at radius 3 is 2.50 bits per heavy atom. The van der Waals surface area contributed by atoms with E-state index in [0.717, 1.165) is 33.4 Å². The molecule has 0 amide bonds. The quantitative estimate of drug-likeness (QED) is 0.464. The zero-order valence-corrected chi connectivity index (χ0v) is 12.0. The summed E-state index contributed by atoms with van der Waals surface area (Å²) in [5.74, 6) is 2.72. The number of hydrogen-bond acceptors (Lipinski definition) is 2. The first kappa shape index (κ1) is 13.8. The van der Waals surface area contributed by atoms with Gasteiger partial charge in [0, 0.05) is 17.7 Å². The average molecular weight is 287 g/mol. The van der Waals surface area contributed by atoms with Crippen LogP contribution in [0.1, 0.15) is 22.3 Å². The van der Waals surface area contributed by atoms with Gasteiger partial charge in [0.15, 0.2) is 0 Å². The summed E-state index contributed by atoms with van der Waals surface area (Å²) in [4.78, 5) is 10.3. The lowest BCUT2D eigenvalue weighted by molar-refractivity contribution is -0.384. The van der Waals surface area contributed by atoms with E-state index in [1.165, 1.54) is 12.1 Å². The van der Waals surface area contributed by atoms with E-state index in [4.69, 9.17) is 6.42 Å². The molecule has 0 spiro atoms. The fourth-order valence-corrected chi connectivity index (χ4v) is 2.55. The number of nitro groups is 1. The second-order valence-corrected chi connectivity index (χ2v) is 5.20. The van der Waals surface area contributed by atoms with Crippen molar-refractivity contribution in [3.05, 3.63) is 80.9 Å². The average Bonchev–Trinajstić information content (AvgIpc) is 2.85. The molecule has 2 aromatic carbocycles. The monoisotopic (exact) mass is 287 g/mol. The van der Waals surface area contributed by atoms with Crippen LogP contribution in [0.2, 0.25) is 0 Å². The van der Waals surface area contributed by atoms with Crippen LogP contribution in [-0.2, 0) is 0 Å². The highest BCUT2D eigenvalue weighted by atomic mass is 16.6. The molecule has 0 fully saturated rings. The Hall–Kier alpha value is -3.12. The van der Waals surface area contributed by atoms with Crippen LogP contribution >= 0.6 is 0 Å². The van der Waals surface area contributed by atoms with Crippen LogP contribution in [-0.4, -0.2) is 4.92 Å². The molecule has 0 heterocycles. The van der Waals surface area contributed by atoms with E-state index in [1.807, 2.05) is 19.1 Å². The van der Waals surface area contributed by atoms with Crippen LogP contribution in [0.25, 0.3) is 17.2 Å². The Morgan fingerprint density at radius 2 is 1.86 bits per heavy atom. The zero-order valence-electron chi connectivity index (χ0n) is 12.0. The topological polar surface area (TPSA) is 43.1 Å². The third-order valence-electron chi connectivity index (χ3n) is 3.66. The fraction of sp³-hybridized carbons (Fsp3) is 0.0526. The molecule has 2 aromatic rings. The lowest BCUT2D eigenvalue weighted by Gasteiger charge is -2.04. The first-order valence-corrected chi connectivity index (χ1v) is 6.84. The number of rotatable bonds is 2. The van der Waals surface area contributed by atoms with E-state index >= 15 is 0 Å². The van der Waals surface area contributed by atoms with E-state index in [9.17, 15) is 10.1 Å². The van der Waals surface area contributed by atoms with Gasteiger partial charge in [0.25, 0.3) is 5.69 Å². The molecule has 0 aromatic heterocycles. The van der Waals surface area contributed by atoms with Crippen molar-refractivity contribution in [1.82, 2.24) is 0 Å². The maximum atomic E-state index is 10.7. The zero-order chi connectivity index (χ0) is 15.7. The molecular formula is C19H13NO2. The maximum Gasteiger partial charge on any atom is 0.269 e. The van der Waals surface area contributed by atoms with Crippen molar-refractivity contribution in [2.75, 3.05) is 0 Å². The molecule has 0 unspecified atom stereocenters. The highest BCUT2D eigenvalue weighted by Gasteiger charge is 2.17. The summed E-state index contributed by atoms with van der Waals surface area (Å²) >= 11 is 0. The van der Waals surface area contributed by atoms with E-state index in [0.29, 0.717) is 0 Å². The van der Waals surface area contributed by atoms with Gasteiger partial charge in [-0.15, -0.1) is 6.42 Å². The third kappa shape index (κ3) is 2.43. The number of allylic oxidation sites excluding steroid dienone is 3. The Kier molecular flexibility index (Phi) is 3.36. The van der Waals surface area contributed by atoms with Gasteiger partial charge in [-0.3, -0.25) is 10.1 Å². The van der Waals surface area contributed by atoms with Crippen molar-refractivity contribution in [3.8, 4) is 12.3 Å². The van der Waals surface area contributed by atoms with E-state index < -0.39 is 4.92 Å². The minimum absolute atomic E-state index is 0.0875. The van der Waals surface area contributed by atoms with Crippen molar-refractivity contribution < 1.29 is 4.92 Å². The standard InChI is InChI=1S/C19H13NO2/c1-3-15-12-16(18-9-4-13(2)10-19(15)18)11-14-5-7-17(8-6-14)20(21)22/h1,4-12H,2H3. The summed E-state index contributed by atoms with van der Waals surface area (Å²) in [7, 11) is 0. The molecule has 22 heavy (non-hydrogen) atoms. The van der Waals surface area contributed by atoms with Gasteiger partial charge >= 0.3 is 0 Å². The minimum atomic E-state index is -0.402. The van der Waals surface area contributed by atoms with E-state index in [2.05, 4.69) is 24.1 Å². The van der Waals surface area contributed by atoms with E-state index in [-0.39, 0.29) is 5.69 Å². The van der Waals surface area contributed by atoms with Gasteiger partial charge in [0.2, 0.25) is 0 Å². The first-order chi connectivity index (χ1) is 10.6. The number of hydrogen-bond donors (Lipinski definition) is 0. The van der Waals surface area contributed by atoms with Crippen molar-refractivity contribution in [2.24, 2.45) is 0 Å². The number of nitrogens with zero attached hydrogens (tertiary/aromatic N) is 1. The minimum Gasteiger partial charge on any atom is -0.258 e. The fourth-order valence-electron chi connectivity index (χ4n) is 2.55. The summed E-state index contributed by atoms with van der Waals surface area (Å²) in [6, 6.07) is 12.7. The van der Waals surface area contributed by atoms with Gasteiger partial charge in [0.05, 0.1) is 4.92 Å². The number of aryl methyl sites for hydroxylation is 1. The summed E-state index contributed by atoms with van der Waals surface area (Å²) in [6.45, 7) is 2.03. The predicted molar refractivity (Wildman–Crippen MR) is 89.0 cm³/mol. The summed E-state index contributed by atoms with van der Waals surface area (Å²) < 4.78 is 0. The number of fused-ring (bicyclic) bond motifs is 1. The SMILES string of the molecule is C#CC1=CC(=Cc2ccc([N+](=O)[O-])cc2)c2ccc(C)cc21. The molecule has 0 bridgehead atoms. The summed E-state index contributed by atoms with van der Waals surface area (Å²) in [5.41, 5.74) is 6.21. The Balaban J connectivity index is 2.04. The molecular weight excluding hydrogens is 274 g/mol. The number of benzene rings is 2. The largest absolute Gasteiger partial charge is 0.269 e. The Morgan fingerprint density at radius 1 is 1.14 bits per heavy atom. The van der Waals surface area contributed by atoms with Crippen LogP contribution in [0.3, 0.4) is 0 Å². The molecule has 0 aliphatic heterocycles. The van der Waals surface area contributed by atoms with Crippen molar-refractivity contribution in [1.29, 1.82) is 0 Å². The van der Waals surface area contributed by atoms with Gasteiger partial charge in [-0.05, 0) is 53.5 Å². The molecule has 106 valence electrons. The van der Waals surface area contributed by atoms with Crippen LogP contribution < -0.4 is 0 Å². The molecule has 3 nitrogen and oxygen atoms in total. The normalized spacial score (nSPS) is 14.4. The second-order valence-electron chi connectivity index (χ2n) is 5.20. The lowest BCUT2D eigenvalue weighted by Crippen LogP contribution is -1.87.